The molecule has 1 aliphatic rings. The third-order valence-electron chi connectivity index (χ3n) is 6.98. The van der Waals surface area contributed by atoms with E-state index in [1.54, 1.807) is 17.0 Å². The summed E-state index contributed by atoms with van der Waals surface area (Å²) in [5.74, 6) is -1.28. The minimum absolute atomic E-state index is 0.105. The van der Waals surface area contributed by atoms with Crippen molar-refractivity contribution in [1.82, 2.24) is 15.5 Å². The van der Waals surface area contributed by atoms with Crippen LogP contribution >= 0.6 is 0 Å². The second-order valence-electron chi connectivity index (χ2n) is 10.0. The molecule has 4 unspecified atom stereocenters. The first-order valence-electron chi connectivity index (χ1n) is 13.2. The first-order valence-corrected chi connectivity index (χ1v) is 13.2. The molecular formula is C31H35N3O5. The summed E-state index contributed by atoms with van der Waals surface area (Å²) in [4.78, 5) is 40.3. The maximum Gasteiger partial charge on any atom is 0.316 e. The highest BCUT2D eigenvalue weighted by molar-refractivity contribution is 5.89. The lowest BCUT2D eigenvalue weighted by Gasteiger charge is -2.42. The molecule has 3 aromatic carbocycles. The molecular weight excluding hydrogens is 494 g/mol. The number of nitrogens with one attached hydrogen (secondary N) is 2. The molecule has 3 amide bonds. The average Bonchev–Trinajstić information content (AvgIpc) is 2.92. The monoisotopic (exact) mass is 529 g/mol. The number of rotatable bonds is 10. The number of aryl methyl sites for hydroxylation is 1. The van der Waals surface area contributed by atoms with Crippen molar-refractivity contribution < 1.29 is 24.2 Å². The number of carbonyl (C=O) groups excluding carboxylic acids is 2. The molecule has 1 fully saturated rings. The van der Waals surface area contributed by atoms with Gasteiger partial charge in [0.25, 0.3) is 0 Å². The van der Waals surface area contributed by atoms with Gasteiger partial charge in [-0.2, -0.15) is 0 Å². The summed E-state index contributed by atoms with van der Waals surface area (Å²) in [5.41, 5.74) is 3.65. The number of likely N-dealkylation sites (tertiary alicyclic amines) is 1. The van der Waals surface area contributed by atoms with Crippen molar-refractivity contribution in [3.8, 4) is 0 Å². The van der Waals surface area contributed by atoms with E-state index < -0.39 is 30.2 Å². The molecule has 0 aromatic heterocycles. The second kappa shape index (κ2) is 13.1. The van der Waals surface area contributed by atoms with Gasteiger partial charge in [-0.1, -0.05) is 90.5 Å². The van der Waals surface area contributed by atoms with Gasteiger partial charge in [0.1, 0.15) is 6.04 Å². The van der Waals surface area contributed by atoms with E-state index >= 15 is 0 Å². The summed E-state index contributed by atoms with van der Waals surface area (Å²) >= 11 is 0. The van der Waals surface area contributed by atoms with Crippen LogP contribution in [0.3, 0.4) is 0 Å². The molecule has 1 aliphatic heterocycles. The molecule has 8 heteroatoms. The van der Waals surface area contributed by atoms with E-state index in [2.05, 4.69) is 10.6 Å². The van der Waals surface area contributed by atoms with Crippen LogP contribution in [0.2, 0.25) is 0 Å². The molecule has 204 valence electrons. The van der Waals surface area contributed by atoms with Gasteiger partial charge < -0.3 is 25.4 Å². The Morgan fingerprint density at radius 1 is 0.974 bits per heavy atom. The minimum atomic E-state index is -1.04. The standard InChI is InChI=1S/C31H35N3O5/c1-21-13-15-25(16-14-21)26(18-28(35)36)32-31(38)33-29-27(39-20-24-11-7-4-8-12-24)17-22(2)34(30(29)37)19-23-9-5-3-6-10-23/h3-16,22,26-27,29H,17-20H2,1-2H3,(H,35,36)(H2,32,33,38). The number of carbonyl (C=O) groups is 3. The Kier molecular flexibility index (Phi) is 9.33. The molecule has 0 aliphatic carbocycles. The Morgan fingerprint density at radius 3 is 2.21 bits per heavy atom. The van der Waals surface area contributed by atoms with Crippen LogP contribution in [0.25, 0.3) is 0 Å². The average molecular weight is 530 g/mol. The van der Waals surface area contributed by atoms with E-state index in [1.165, 1.54) is 0 Å². The van der Waals surface area contributed by atoms with Crippen LogP contribution in [-0.2, 0) is 27.5 Å². The number of carboxylic acids is 1. The summed E-state index contributed by atoms with van der Waals surface area (Å²) < 4.78 is 6.21. The third kappa shape index (κ3) is 7.67. The van der Waals surface area contributed by atoms with E-state index in [4.69, 9.17) is 4.74 Å². The van der Waals surface area contributed by atoms with Crippen molar-refractivity contribution in [3.05, 3.63) is 107 Å². The molecule has 1 saturated heterocycles. The summed E-state index contributed by atoms with van der Waals surface area (Å²) in [6.45, 7) is 4.63. The summed E-state index contributed by atoms with van der Waals surface area (Å²) in [6.07, 6.45) is -0.310. The molecule has 1 heterocycles. The summed E-state index contributed by atoms with van der Waals surface area (Å²) in [6, 6.07) is 24.3. The van der Waals surface area contributed by atoms with Gasteiger partial charge in [-0.25, -0.2) is 4.79 Å². The molecule has 0 bridgehead atoms. The maximum atomic E-state index is 13.8. The number of carboxylic acid groups (broad SMARTS) is 1. The van der Waals surface area contributed by atoms with Crippen molar-refractivity contribution in [3.63, 3.8) is 0 Å². The fourth-order valence-corrected chi connectivity index (χ4v) is 4.83. The van der Waals surface area contributed by atoms with E-state index in [9.17, 15) is 19.5 Å². The summed E-state index contributed by atoms with van der Waals surface area (Å²) in [5, 5.41) is 15.0. The van der Waals surface area contributed by atoms with Gasteiger partial charge in [-0.3, -0.25) is 9.59 Å². The number of nitrogens with zero attached hydrogens (tertiary/aromatic N) is 1. The lowest BCUT2D eigenvalue weighted by molar-refractivity contribution is -0.148. The predicted octanol–water partition coefficient (Wildman–Crippen LogP) is 4.59. The van der Waals surface area contributed by atoms with Gasteiger partial charge in [-0.15, -0.1) is 0 Å². The highest BCUT2D eigenvalue weighted by Gasteiger charge is 2.42. The van der Waals surface area contributed by atoms with E-state index in [0.717, 1.165) is 16.7 Å². The highest BCUT2D eigenvalue weighted by atomic mass is 16.5. The normalized spacial score (nSPS) is 19.8. The SMILES string of the molecule is Cc1ccc(C(CC(=O)O)NC(=O)NC2C(=O)N(Cc3ccccc3)C(C)CC2OCc2ccccc2)cc1. The van der Waals surface area contributed by atoms with Crippen LogP contribution in [0.4, 0.5) is 4.79 Å². The van der Waals surface area contributed by atoms with Gasteiger partial charge in [0, 0.05) is 12.6 Å². The molecule has 39 heavy (non-hydrogen) atoms. The lowest BCUT2D eigenvalue weighted by atomic mass is 9.94. The van der Waals surface area contributed by atoms with Crippen LogP contribution in [0.15, 0.2) is 84.9 Å². The number of piperidine rings is 1. The zero-order chi connectivity index (χ0) is 27.8. The van der Waals surface area contributed by atoms with Crippen LogP contribution in [0, 0.1) is 6.92 Å². The first kappa shape index (κ1) is 27.9. The molecule has 4 atom stereocenters. The number of urea groups is 1. The fraction of sp³-hybridized carbons (Fsp3) is 0.323. The smallest absolute Gasteiger partial charge is 0.316 e. The lowest BCUT2D eigenvalue weighted by Crippen LogP contribution is -2.63. The van der Waals surface area contributed by atoms with E-state index in [1.807, 2.05) is 86.6 Å². The van der Waals surface area contributed by atoms with E-state index in [0.29, 0.717) is 25.1 Å². The highest BCUT2D eigenvalue weighted by Crippen LogP contribution is 2.25. The minimum Gasteiger partial charge on any atom is -0.481 e. The van der Waals surface area contributed by atoms with Crippen LogP contribution in [0.1, 0.15) is 48.1 Å². The van der Waals surface area contributed by atoms with Gasteiger partial charge in [0.2, 0.25) is 5.91 Å². The number of hydrogen-bond donors (Lipinski definition) is 3. The van der Waals surface area contributed by atoms with Crippen molar-refractivity contribution in [2.24, 2.45) is 0 Å². The Bertz CT molecular complexity index is 1250. The van der Waals surface area contributed by atoms with Gasteiger partial charge >= 0.3 is 12.0 Å². The molecule has 4 rings (SSSR count). The molecule has 8 nitrogen and oxygen atoms in total. The van der Waals surface area contributed by atoms with Crippen LogP contribution < -0.4 is 10.6 Å². The number of amides is 3. The molecule has 0 saturated carbocycles. The molecule has 0 radical (unpaired) electrons. The zero-order valence-corrected chi connectivity index (χ0v) is 22.2. The first-order chi connectivity index (χ1) is 18.8. The topological polar surface area (TPSA) is 108 Å². The van der Waals surface area contributed by atoms with Crippen molar-refractivity contribution >= 4 is 17.9 Å². The van der Waals surface area contributed by atoms with Gasteiger partial charge in [0.15, 0.2) is 0 Å². The maximum absolute atomic E-state index is 13.8. The van der Waals surface area contributed by atoms with Crippen molar-refractivity contribution in [2.45, 2.75) is 64.1 Å². The molecule has 3 aromatic rings. The van der Waals surface area contributed by atoms with Gasteiger partial charge in [0.05, 0.1) is 25.2 Å². The second-order valence-corrected chi connectivity index (χ2v) is 10.0. The van der Waals surface area contributed by atoms with Crippen molar-refractivity contribution in [1.29, 1.82) is 0 Å². The fourth-order valence-electron chi connectivity index (χ4n) is 4.83. The largest absolute Gasteiger partial charge is 0.481 e. The third-order valence-corrected chi connectivity index (χ3v) is 6.98. The van der Waals surface area contributed by atoms with Crippen molar-refractivity contribution in [2.75, 3.05) is 0 Å². The zero-order valence-electron chi connectivity index (χ0n) is 22.2. The quantitative estimate of drug-likeness (QED) is 0.356. The number of ether oxygens (including phenoxy) is 1. The number of hydrogen-bond acceptors (Lipinski definition) is 4. The predicted molar refractivity (Wildman–Crippen MR) is 148 cm³/mol. The van der Waals surface area contributed by atoms with Gasteiger partial charge in [-0.05, 0) is 37.0 Å². The van der Waals surface area contributed by atoms with Crippen LogP contribution in [0.5, 0.6) is 0 Å². The Hall–Kier alpha value is -4.17. The Morgan fingerprint density at radius 2 is 1.59 bits per heavy atom. The number of aliphatic carboxylic acids is 1. The molecule has 3 N–H and O–H groups in total. The Labute approximate surface area is 229 Å². The summed E-state index contributed by atoms with van der Waals surface area (Å²) in [7, 11) is 0. The van der Waals surface area contributed by atoms with Crippen LogP contribution in [-0.4, -0.2) is 46.1 Å². The Balaban J connectivity index is 1.52. The molecule has 0 spiro atoms. The number of benzene rings is 3. The van der Waals surface area contributed by atoms with E-state index in [-0.39, 0.29) is 18.4 Å².